The van der Waals surface area contributed by atoms with E-state index in [2.05, 4.69) is 30.5 Å². The highest BCUT2D eigenvalue weighted by atomic mass is 16.2. The summed E-state index contributed by atoms with van der Waals surface area (Å²) in [7, 11) is 0. The Kier molecular flexibility index (Phi) is 4.12. The molecule has 1 saturated heterocycles. The second-order valence-corrected chi connectivity index (χ2v) is 5.90. The van der Waals surface area contributed by atoms with Gasteiger partial charge in [-0.2, -0.15) is 0 Å². The molecule has 3 aromatic rings. The first kappa shape index (κ1) is 15.3. The van der Waals surface area contributed by atoms with Gasteiger partial charge in [-0.05, 0) is 23.8 Å². The Labute approximate surface area is 145 Å². The zero-order valence-electron chi connectivity index (χ0n) is 13.6. The number of hydrogen-bond acceptors (Lipinski definition) is 6. The minimum atomic E-state index is 0.0436. The van der Waals surface area contributed by atoms with Gasteiger partial charge >= 0.3 is 0 Å². The van der Waals surface area contributed by atoms with Crippen molar-refractivity contribution in [2.24, 2.45) is 0 Å². The molecule has 0 unspecified atom stereocenters. The number of nitrogens with one attached hydrogen (secondary N) is 2. The maximum atomic E-state index is 11.7. The molecular weight excluding hydrogens is 316 g/mol. The lowest BCUT2D eigenvalue weighted by molar-refractivity contribution is -0.120. The van der Waals surface area contributed by atoms with E-state index in [4.69, 9.17) is 0 Å². The van der Waals surface area contributed by atoms with Gasteiger partial charge in [-0.15, -0.1) is 0 Å². The third kappa shape index (κ3) is 3.35. The highest BCUT2D eigenvalue weighted by Crippen LogP contribution is 2.25. The first-order valence-electron chi connectivity index (χ1n) is 8.19. The van der Waals surface area contributed by atoms with Crippen LogP contribution in [0.3, 0.4) is 0 Å². The van der Waals surface area contributed by atoms with Crippen LogP contribution >= 0.6 is 0 Å². The molecule has 0 atom stereocenters. The lowest BCUT2D eigenvalue weighted by Gasteiger charge is -2.30. The molecule has 7 nitrogen and oxygen atoms in total. The lowest BCUT2D eigenvalue weighted by Crippen LogP contribution is -2.47. The Bertz CT molecular complexity index is 913. The van der Waals surface area contributed by atoms with Crippen molar-refractivity contribution in [1.82, 2.24) is 20.3 Å². The van der Waals surface area contributed by atoms with Gasteiger partial charge in [0.1, 0.15) is 0 Å². The van der Waals surface area contributed by atoms with E-state index in [-0.39, 0.29) is 5.91 Å². The molecule has 0 saturated carbocycles. The topological polar surface area (TPSA) is 83.0 Å². The number of aromatic nitrogens is 3. The Balaban J connectivity index is 1.53. The third-order valence-corrected chi connectivity index (χ3v) is 4.19. The summed E-state index contributed by atoms with van der Waals surface area (Å²) in [5.41, 5.74) is 4.77. The predicted octanol–water partition coefficient (Wildman–Crippen LogP) is 1.57. The molecule has 126 valence electrons. The minimum absolute atomic E-state index is 0.0436. The number of anilines is 2. The molecule has 2 N–H and O–H groups in total. The maximum Gasteiger partial charge on any atom is 0.239 e. The van der Waals surface area contributed by atoms with Crippen LogP contribution in [-0.2, 0) is 11.3 Å². The SMILES string of the molecule is O=C1CN(c2ccncc2NCc2ccc3nccnc3c2)CCN1. The molecule has 1 aromatic carbocycles. The standard InChI is InChI=1S/C18H18N6O/c25-18-12-24(8-7-22-18)17-3-4-19-11-16(17)23-10-13-1-2-14-15(9-13)21-6-5-20-14/h1-6,9,11,23H,7-8,10,12H2,(H,22,25). The molecule has 1 fully saturated rings. The number of piperazine rings is 1. The molecule has 25 heavy (non-hydrogen) atoms. The van der Waals surface area contributed by atoms with Crippen LogP contribution in [0.5, 0.6) is 0 Å². The van der Waals surface area contributed by atoms with E-state index in [0.29, 0.717) is 19.6 Å². The van der Waals surface area contributed by atoms with Gasteiger partial charge < -0.3 is 15.5 Å². The molecule has 3 heterocycles. The molecule has 2 aromatic heterocycles. The molecule has 7 heteroatoms. The Hall–Kier alpha value is -3.22. The highest BCUT2D eigenvalue weighted by molar-refractivity contribution is 5.84. The Morgan fingerprint density at radius 1 is 1.12 bits per heavy atom. The lowest BCUT2D eigenvalue weighted by atomic mass is 10.2. The van der Waals surface area contributed by atoms with Crippen LogP contribution in [-0.4, -0.2) is 40.5 Å². The number of amides is 1. The normalized spacial score (nSPS) is 14.4. The van der Waals surface area contributed by atoms with Gasteiger partial charge in [0.25, 0.3) is 0 Å². The van der Waals surface area contributed by atoms with Crippen LogP contribution in [0.2, 0.25) is 0 Å². The molecule has 0 bridgehead atoms. The van der Waals surface area contributed by atoms with E-state index >= 15 is 0 Å². The van der Waals surface area contributed by atoms with Crippen molar-refractivity contribution in [2.75, 3.05) is 29.9 Å². The summed E-state index contributed by atoms with van der Waals surface area (Å²) >= 11 is 0. The molecule has 1 aliphatic rings. The van der Waals surface area contributed by atoms with Crippen LogP contribution in [0.4, 0.5) is 11.4 Å². The van der Waals surface area contributed by atoms with Gasteiger partial charge in [0.15, 0.2) is 0 Å². The van der Waals surface area contributed by atoms with E-state index in [1.807, 2.05) is 24.3 Å². The van der Waals surface area contributed by atoms with E-state index in [0.717, 1.165) is 34.5 Å². The monoisotopic (exact) mass is 334 g/mol. The summed E-state index contributed by atoms with van der Waals surface area (Å²) < 4.78 is 0. The molecule has 1 amide bonds. The molecular formula is C18H18N6O. The summed E-state index contributed by atoms with van der Waals surface area (Å²) in [5, 5.41) is 6.27. The zero-order chi connectivity index (χ0) is 17.1. The number of pyridine rings is 1. The van der Waals surface area contributed by atoms with E-state index in [9.17, 15) is 4.79 Å². The Morgan fingerprint density at radius 3 is 2.88 bits per heavy atom. The van der Waals surface area contributed by atoms with Gasteiger partial charge in [-0.1, -0.05) is 6.07 Å². The second kappa shape index (κ2) is 6.72. The fourth-order valence-electron chi connectivity index (χ4n) is 2.96. The smallest absolute Gasteiger partial charge is 0.239 e. The van der Waals surface area contributed by atoms with E-state index < -0.39 is 0 Å². The first-order chi connectivity index (χ1) is 12.3. The second-order valence-electron chi connectivity index (χ2n) is 5.90. The average Bonchev–Trinajstić information content (AvgIpc) is 2.66. The molecule has 0 spiro atoms. The van der Waals surface area contributed by atoms with Gasteiger partial charge in [0, 0.05) is 38.2 Å². The number of hydrogen-bond donors (Lipinski definition) is 2. The van der Waals surface area contributed by atoms with E-state index in [1.165, 1.54) is 0 Å². The fourth-order valence-corrected chi connectivity index (χ4v) is 2.96. The van der Waals surface area contributed by atoms with Gasteiger partial charge in [0.2, 0.25) is 5.91 Å². The van der Waals surface area contributed by atoms with Crippen molar-refractivity contribution in [2.45, 2.75) is 6.54 Å². The minimum Gasteiger partial charge on any atom is -0.378 e. The van der Waals surface area contributed by atoms with Gasteiger partial charge in [0.05, 0.1) is 35.1 Å². The number of rotatable bonds is 4. The van der Waals surface area contributed by atoms with Crippen LogP contribution in [0.1, 0.15) is 5.56 Å². The van der Waals surface area contributed by atoms with Gasteiger partial charge in [-0.3, -0.25) is 19.7 Å². The van der Waals surface area contributed by atoms with E-state index in [1.54, 1.807) is 24.8 Å². The molecule has 1 aliphatic heterocycles. The number of nitrogens with zero attached hydrogens (tertiary/aromatic N) is 4. The summed E-state index contributed by atoms with van der Waals surface area (Å²) in [4.78, 5) is 26.6. The van der Waals surface area contributed by atoms with Crippen molar-refractivity contribution in [3.05, 3.63) is 54.6 Å². The zero-order valence-corrected chi connectivity index (χ0v) is 13.6. The number of carbonyl (C=O) groups excluding carboxylic acids is 1. The van der Waals surface area contributed by atoms with Crippen LogP contribution < -0.4 is 15.5 Å². The number of fused-ring (bicyclic) bond motifs is 1. The fraction of sp³-hybridized carbons (Fsp3) is 0.222. The quantitative estimate of drug-likeness (QED) is 0.754. The summed E-state index contributed by atoms with van der Waals surface area (Å²) in [5.74, 6) is 0.0436. The molecule has 0 aliphatic carbocycles. The summed E-state index contributed by atoms with van der Waals surface area (Å²) in [6.45, 7) is 2.45. The highest BCUT2D eigenvalue weighted by Gasteiger charge is 2.18. The Morgan fingerprint density at radius 2 is 2.00 bits per heavy atom. The van der Waals surface area contributed by atoms with Crippen molar-refractivity contribution < 1.29 is 4.79 Å². The van der Waals surface area contributed by atoms with Crippen molar-refractivity contribution in [3.8, 4) is 0 Å². The maximum absolute atomic E-state index is 11.7. The summed E-state index contributed by atoms with van der Waals surface area (Å²) in [6.07, 6.45) is 6.93. The van der Waals surface area contributed by atoms with Crippen molar-refractivity contribution >= 4 is 28.3 Å². The van der Waals surface area contributed by atoms with Crippen molar-refractivity contribution in [1.29, 1.82) is 0 Å². The molecule has 0 radical (unpaired) electrons. The largest absolute Gasteiger partial charge is 0.378 e. The average molecular weight is 334 g/mol. The third-order valence-electron chi connectivity index (χ3n) is 4.19. The van der Waals surface area contributed by atoms with Crippen LogP contribution in [0.15, 0.2) is 49.1 Å². The van der Waals surface area contributed by atoms with Crippen LogP contribution in [0.25, 0.3) is 11.0 Å². The predicted molar refractivity (Wildman–Crippen MR) is 96.3 cm³/mol. The number of benzene rings is 1. The number of carbonyl (C=O) groups is 1. The van der Waals surface area contributed by atoms with Gasteiger partial charge in [-0.25, -0.2) is 0 Å². The van der Waals surface area contributed by atoms with Crippen molar-refractivity contribution in [3.63, 3.8) is 0 Å². The first-order valence-corrected chi connectivity index (χ1v) is 8.19. The molecule has 4 rings (SSSR count). The van der Waals surface area contributed by atoms with Crippen LogP contribution in [0, 0.1) is 0 Å². The summed E-state index contributed by atoms with van der Waals surface area (Å²) in [6, 6.07) is 7.97.